The van der Waals surface area contributed by atoms with Crippen LogP contribution in [0.3, 0.4) is 0 Å². The SMILES string of the molecule is CCCc1nc(CCN2CCC(C)CC2)sc1CNCC. The van der Waals surface area contributed by atoms with Gasteiger partial charge in [0.1, 0.15) is 0 Å². The van der Waals surface area contributed by atoms with Crippen LogP contribution in [0.15, 0.2) is 0 Å². The molecule has 0 amide bonds. The minimum Gasteiger partial charge on any atom is -0.312 e. The van der Waals surface area contributed by atoms with Gasteiger partial charge in [0, 0.05) is 24.4 Å². The average molecular weight is 310 g/mol. The highest BCUT2D eigenvalue weighted by atomic mass is 32.1. The lowest BCUT2D eigenvalue weighted by Gasteiger charge is -2.29. The van der Waals surface area contributed by atoms with E-state index in [0.29, 0.717) is 0 Å². The summed E-state index contributed by atoms with van der Waals surface area (Å²) in [5, 5.41) is 4.78. The van der Waals surface area contributed by atoms with E-state index in [9.17, 15) is 0 Å². The Morgan fingerprint density at radius 3 is 2.67 bits per heavy atom. The largest absolute Gasteiger partial charge is 0.312 e. The maximum atomic E-state index is 4.90. The number of hydrogen-bond acceptors (Lipinski definition) is 4. The van der Waals surface area contributed by atoms with Crippen molar-refractivity contribution in [3.63, 3.8) is 0 Å². The summed E-state index contributed by atoms with van der Waals surface area (Å²) in [5.74, 6) is 0.920. The molecule has 1 saturated heterocycles. The molecule has 1 fully saturated rings. The summed E-state index contributed by atoms with van der Waals surface area (Å²) in [6.07, 6.45) is 6.17. The second-order valence-corrected chi connectivity index (χ2v) is 7.45. The Kier molecular flexibility index (Phi) is 7.14. The molecule has 3 nitrogen and oxygen atoms in total. The standard InChI is InChI=1S/C17H31N3S/c1-4-6-15-16(13-18-5-2)21-17(19-15)9-12-20-10-7-14(3)8-11-20/h14,18H,4-13H2,1-3H3. The Morgan fingerprint density at radius 2 is 2.00 bits per heavy atom. The first-order valence-corrected chi connectivity index (χ1v) is 9.45. The molecule has 2 rings (SSSR count). The molecule has 0 unspecified atom stereocenters. The molecular formula is C17H31N3S. The van der Waals surface area contributed by atoms with Crippen molar-refractivity contribution in [2.45, 2.75) is 59.4 Å². The number of aryl methyl sites for hydroxylation is 1. The molecule has 0 saturated carbocycles. The van der Waals surface area contributed by atoms with E-state index in [0.717, 1.165) is 31.8 Å². The van der Waals surface area contributed by atoms with E-state index in [1.807, 2.05) is 11.3 Å². The van der Waals surface area contributed by atoms with Crippen LogP contribution in [0, 0.1) is 5.92 Å². The fourth-order valence-electron chi connectivity index (χ4n) is 2.89. The minimum atomic E-state index is 0.920. The fourth-order valence-corrected chi connectivity index (χ4v) is 3.97. The van der Waals surface area contributed by atoms with Crippen molar-refractivity contribution in [3.8, 4) is 0 Å². The Labute approximate surface area is 134 Å². The molecule has 1 N–H and O–H groups in total. The highest BCUT2D eigenvalue weighted by Crippen LogP contribution is 2.22. The third-order valence-electron chi connectivity index (χ3n) is 4.36. The molecule has 0 spiro atoms. The Morgan fingerprint density at radius 1 is 1.24 bits per heavy atom. The third kappa shape index (κ3) is 5.35. The zero-order valence-corrected chi connectivity index (χ0v) is 14.8. The second kappa shape index (κ2) is 8.86. The number of piperidine rings is 1. The molecule has 0 atom stereocenters. The van der Waals surface area contributed by atoms with Crippen molar-refractivity contribution in [1.82, 2.24) is 15.2 Å². The zero-order chi connectivity index (χ0) is 15.1. The number of nitrogens with zero attached hydrogens (tertiary/aromatic N) is 2. The van der Waals surface area contributed by atoms with Crippen LogP contribution in [0.5, 0.6) is 0 Å². The lowest BCUT2D eigenvalue weighted by molar-refractivity contribution is 0.194. The van der Waals surface area contributed by atoms with Crippen LogP contribution >= 0.6 is 11.3 Å². The van der Waals surface area contributed by atoms with E-state index >= 15 is 0 Å². The van der Waals surface area contributed by atoms with Crippen molar-refractivity contribution in [1.29, 1.82) is 0 Å². The van der Waals surface area contributed by atoms with Crippen molar-refractivity contribution >= 4 is 11.3 Å². The van der Waals surface area contributed by atoms with Gasteiger partial charge in [-0.05, 0) is 44.8 Å². The monoisotopic (exact) mass is 309 g/mol. The smallest absolute Gasteiger partial charge is 0.0944 e. The summed E-state index contributed by atoms with van der Waals surface area (Å²) in [6.45, 7) is 12.5. The van der Waals surface area contributed by atoms with Gasteiger partial charge >= 0.3 is 0 Å². The van der Waals surface area contributed by atoms with Gasteiger partial charge in [0.15, 0.2) is 0 Å². The minimum absolute atomic E-state index is 0.920. The third-order valence-corrected chi connectivity index (χ3v) is 5.52. The van der Waals surface area contributed by atoms with E-state index in [2.05, 4.69) is 31.0 Å². The van der Waals surface area contributed by atoms with Gasteiger partial charge in [0.25, 0.3) is 0 Å². The van der Waals surface area contributed by atoms with Gasteiger partial charge < -0.3 is 10.2 Å². The number of likely N-dealkylation sites (tertiary alicyclic amines) is 1. The molecule has 0 aliphatic carbocycles. The summed E-state index contributed by atoms with van der Waals surface area (Å²) in [6, 6.07) is 0. The molecule has 0 aromatic carbocycles. The summed E-state index contributed by atoms with van der Waals surface area (Å²) in [5.41, 5.74) is 1.34. The number of hydrogen-bond donors (Lipinski definition) is 1. The van der Waals surface area contributed by atoms with E-state index in [1.165, 1.54) is 54.5 Å². The van der Waals surface area contributed by atoms with Gasteiger partial charge in [-0.3, -0.25) is 0 Å². The van der Waals surface area contributed by atoms with Gasteiger partial charge in [-0.15, -0.1) is 11.3 Å². The molecule has 0 radical (unpaired) electrons. The number of nitrogens with one attached hydrogen (secondary N) is 1. The average Bonchev–Trinajstić information content (AvgIpc) is 2.87. The first-order valence-electron chi connectivity index (χ1n) is 8.63. The Balaban J connectivity index is 1.87. The molecule has 1 aromatic heterocycles. The van der Waals surface area contributed by atoms with Gasteiger partial charge in [-0.25, -0.2) is 4.98 Å². The number of aromatic nitrogens is 1. The predicted octanol–water partition coefficient (Wildman–Crippen LogP) is 3.48. The normalized spacial score (nSPS) is 17.5. The first-order chi connectivity index (χ1) is 10.2. The highest BCUT2D eigenvalue weighted by molar-refractivity contribution is 7.11. The summed E-state index contributed by atoms with van der Waals surface area (Å²) in [4.78, 5) is 8.98. The molecule has 4 heteroatoms. The first kappa shape index (κ1) is 16.9. The maximum absolute atomic E-state index is 4.90. The summed E-state index contributed by atoms with van der Waals surface area (Å²) in [7, 11) is 0. The van der Waals surface area contributed by atoms with Crippen molar-refractivity contribution < 1.29 is 0 Å². The molecule has 1 aromatic rings. The van der Waals surface area contributed by atoms with Gasteiger partial charge in [-0.1, -0.05) is 27.2 Å². The highest BCUT2D eigenvalue weighted by Gasteiger charge is 2.16. The van der Waals surface area contributed by atoms with Crippen molar-refractivity contribution in [3.05, 3.63) is 15.6 Å². The van der Waals surface area contributed by atoms with E-state index in [-0.39, 0.29) is 0 Å². The van der Waals surface area contributed by atoms with Crippen molar-refractivity contribution in [2.24, 2.45) is 5.92 Å². The van der Waals surface area contributed by atoms with Crippen LogP contribution in [0.25, 0.3) is 0 Å². The molecule has 2 heterocycles. The number of thiazole rings is 1. The Bertz CT molecular complexity index is 408. The van der Waals surface area contributed by atoms with Gasteiger partial charge in [0.2, 0.25) is 0 Å². The second-order valence-electron chi connectivity index (χ2n) is 6.28. The summed E-state index contributed by atoms with van der Waals surface area (Å²) >= 11 is 1.93. The number of rotatable bonds is 8. The summed E-state index contributed by atoms with van der Waals surface area (Å²) < 4.78 is 0. The quantitative estimate of drug-likeness (QED) is 0.797. The van der Waals surface area contributed by atoms with Crippen molar-refractivity contribution in [2.75, 3.05) is 26.2 Å². The van der Waals surface area contributed by atoms with E-state index < -0.39 is 0 Å². The molecule has 1 aliphatic rings. The van der Waals surface area contributed by atoms with Crippen LogP contribution in [-0.2, 0) is 19.4 Å². The molecule has 120 valence electrons. The molecule has 0 bridgehead atoms. The maximum Gasteiger partial charge on any atom is 0.0944 e. The molecular weight excluding hydrogens is 278 g/mol. The van der Waals surface area contributed by atoms with Crippen LogP contribution < -0.4 is 5.32 Å². The van der Waals surface area contributed by atoms with Gasteiger partial charge in [0.05, 0.1) is 10.7 Å². The lowest BCUT2D eigenvalue weighted by atomic mass is 9.99. The Hall–Kier alpha value is -0.450. The zero-order valence-electron chi connectivity index (χ0n) is 14.0. The van der Waals surface area contributed by atoms with Gasteiger partial charge in [-0.2, -0.15) is 0 Å². The lowest BCUT2D eigenvalue weighted by Crippen LogP contribution is -2.34. The molecule has 21 heavy (non-hydrogen) atoms. The topological polar surface area (TPSA) is 28.2 Å². The predicted molar refractivity (Wildman–Crippen MR) is 92.0 cm³/mol. The van der Waals surface area contributed by atoms with Crippen LogP contribution in [0.2, 0.25) is 0 Å². The van der Waals surface area contributed by atoms with Crippen LogP contribution in [0.1, 0.15) is 55.6 Å². The molecule has 1 aliphatic heterocycles. The van der Waals surface area contributed by atoms with E-state index in [1.54, 1.807) is 0 Å². The van der Waals surface area contributed by atoms with Crippen LogP contribution in [-0.4, -0.2) is 36.1 Å². The van der Waals surface area contributed by atoms with Crippen LogP contribution in [0.4, 0.5) is 0 Å². The fraction of sp³-hybridized carbons (Fsp3) is 0.824. The van der Waals surface area contributed by atoms with E-state index in [4.69, 9.17) is 4.98 Å².